The summed E-state index contributed by atoms with van der Waals surface area (Å²) in [4.78, 5) is 13.4. The Morgan fingerprint density at radius 3 is 2.80 bits per heavy atom. The van der Waals surface area contributed by atoms with E-state index >= 15 is 0 Å². The van der Waals surface area contributed by atoms with Gasteiger partial charge in [-0.2, -0.15) is 0 Å². The minimum Gasteiger partial charge on any atom is -0.356 e. The summed E-state index contributed by atoms with van der Waals surface area (Å²) in [6.07, 6.45) is -0.601. The zero-order valence-corrected chi connectivity index (χ0v) is 14.9. The summed E-state index contributed by atoms with van der Waals surface area (Å²) in [5.41, 5.74) is -0.283. The van der Waals surface area contributed by atoms with E-state index in [2.05, 4.69) is 0 Å². The average molecular weight is 394 g/mol. The van der Waals surface area contributed by atoms with Gasteiger partial charge in [-0.3, -0.25) is 15.0 Å². The molecule has 2 rings (SSSR count). The molecule has 0 saturated carbocycles. The molecule has 25 heavy (non-hydrogen) atoms. The standard InChI is InChI=1S/C12H18N4O7S2/c1-14(12-7-15(4-5-23-12)8-24(19)20)10-3-2-9(25(13,21)22)6-11(10)16(17)18/h2-3,6,12H,4-5,7-8H2,1H3,(H,19,20)(H2,13,21,22). The van der Waals surface area contributed by atoms with E-state index in [0.29, 0.717) is 6.54 Å². The Hall–Kier alpha value is -1.64. The highest BCUT2D eigenvalue weighted by molar-refractivity contribution is 7.89. The fraction of sp³-hybridized carbons (Fsp3) is 0.500. The number of nitrogens with zero attached hydrogens (tertiary/aromatic N) is 3. The molecule has 1 heterocycles. The number of likely N-dealkylation sites (N-methyl/N-ethyl adjacent to an activating group) is 1. The maximum absolute atomic E-state index is 11.4. The largest absolute Gasteiger partial charge is 0.356 e. The molecule has 1 aromatic rings. The lowest BCUT2D eigenvalue weighted by Crippen LogP contribution is -2.50. The number of nitrogens with two attached hydrogens (primary N) is 1. The molecular weight excluding hydrogens is 376 g/mol. The molecular formula is C12H18N4O7S2. The van der Waals surface area contributed by atoms with Crippen LogP contribution in [-0.4, -0.2) is 65.9 Å². The number of hydrogen-bond donors (Lipinski definition) is 2. The third-order valence-corrected chi connectivity index (χ3v) is 5.21. The highest BCUT2D eigenvalue weighted by atomic mass is 32.2. The van der Waals surface area contributed by atoms with E-state index in [1.807, 2.05) is 0 Å². The second kappa shape index (κ2) is 7.72. The molecule has 0 spiro atoms. The minimum atomic E-state index is -4.07. The van der Waals surface area contributed by atoms with Crippen LogP contribution in [0.3, 0.4) is 0 Å². The first-order valence-corrected chi connectivity index (χ1v) is 9.87. The van der Waals surface area contributed by atoms with Crippen molar-refractivity contribution in [2.45, 2.75) is 11.1 Å². The SMILES string of the molecule is CN(c1ccc(S(N)(=O)=O)cc1[N+](=O)[O-])C1CN(CS(=O)O)CCO1. The van der Waals surface area contributed by atoms with E-state index < -0.39 is 37.9 Å². The van der Waals surface area contributed by atoms with Crippen molar-refractivity contribution in [1.82, 2.24) is 4.90 Å². The molecule has 1 aliphatic rings. The van der Waals surface area contributed by atoms with Gasteiger partial charge in [-0.25, -0.2) is 17.8 Å². The Morgan fingerprint density at radius 2 is 2.24 bits per heavy atom. The molecule has 11 nitrogen and oxygen atoms in total. The third kappa shape index (κ3) is 4.93. The summed E-state index contributed by atoms with van der Waals surface area (Å²) in [6.45, 7) is 1.01. The number of nitro benzene ring substituents is 1. The van der Waals surface area contributed by atoms with Crippen LogP contribution < -0.4 is 10.0 Å². The van der Waals surface area contributed by atoms with Crippen LogP contribution in [0.2, 0.25) is 0 Å². The van der Waals surface area contributed by atoms with Gasteiger partial charge in [0.15, 0.2) is 11.1 Å². The zero-order valence-electron chi connectivity index (χ0n) is 13.3. The summed E-state index contributed by atoms with van der Waals surface area (Å²) in [6, 6.07) is 3.35. The number of morpholine rings is 1. The number of nitro groups is 1. The number of primary sulfonamides is 1. The Balaban J connectivity index is 2.30. The van der Waals surface area contributed by atoms with Crippen LogP contribution in [0, 0.1) is 10.1 Å². The Labute approximate surface area is 146 Å². The molecule has 0 amide bonds. The van der Waals surface area contributed by atoms with Gasteiger partial charge in [0, 0.05) is 26.2 Å². The summed E-state index contributed by atoms with van der Waals surface area (Å²) < 4.78 is 48.3. The van der Waals surface area contributed by atoms with E-state index in [-0.39, 0.29) is 29.6 Å². The number of benzene rings is 1. The number of ether oxygens (including phenoxy) is 1. The topological polar surface area (TPSA) is 156 Å². The molecule has 13 heteroatoms. The highest BCUT2D eigenvalue weighted by Crippen LogP contribution is 2.31. The van der Waals surface area contributed by atoms with E-state index in [1.54, 1.807) is 11.9 Å². The lowest BCUT2D eigenvalue weighted by Gasteiger charge is -2.37. The van der Waals surface area contributed by atoms with Crippen molar-refractivity contribution in [3.05, 3.63) is 28.3 Å². The maximum atomic E-state index is 11.4. The smallest absolute Gasteiger partial charge is 0.293 e. The van der Waals surface area contributed by atoms with Gasteiger partial charge in [0.05, 0.1) is 16.4 Å². The van der Waals surface area contributed by atoms with Gasteiger partial charge in [0.2, 0.25) is 10.0 Å². The second-order valence-corrected chi connectivity index (χ2v) is 7.88. The summed E-state index contributed by atoms with van der Waals surface area (Å²) in [5.74, 6) is -0.0554. The zero-order chi connectivity index (χ0) is 18.8. The van der Waals surface area contributed by atoms with Gasteiger partial charge in [-0.1, -0.05) is 0 Å². The van der Waals surface area contributed by atoms with Crippen LogP contribution in [0.25, 0.3) is 0 Å². The summed E-state index contributed by atoms with van der Waals surface area (Å²) in [5, 5.41) is 16.3. The lowest BCUT2D eigenvalue weighted by molar-refractivity contribution is -0.384. The quantitative estimate of drug-likeness (QED) is 0.369. The molecule has 2 unspecified atom stereocenters. The predicted molar refractivity (Wildman–Crippen MR) is 89.8 cm³/mol. The molecule has 1 aromatic carbocycles. The second-order valence-electron chi connectivity index (χ2n) is 5.42. The van der Waals surface area contributed by atoms with Crippen molar-refractivity contribution in [3.63, 3.8) is 0 Å². The molecule has 0 aromatic heterocycles. The van der Waals surface area contributed by atoms with Crippen molar-refractivity contribution in [2.75, 3.05) is 37.5 Å². The molecule has 0 aliphatic carbocycles. The van der Waals surface area contributed by atoms with Crippen molar-refractivity contribution >= 4 is 32.5 Å². The van der Waals surface area contributed by atoms with Crippen LogP contribution in [0.5, 0.6) is 0 Å². The Bertz CT molecular complexity index is 786. The van der Waals surface area contributed by atoms with Gasteiger partial charge in [0.1, 0.15) is 17.8 Å². The minimum absolute atomic E-state index is 0.0554. The van der Waals surface area contributed by atoms with Gasteiger partial charge < -0.3 is 14.2 Å². The van der Waals surface area contributed by atoms with Crippen LogP contribution in [0.1, 0.15) is 0 Å². The molecule has 1 fully saturated rings. The van der Waals surface area contributed by atoms with Crippen molar-refractivity contribution in [3.8, 4) is 0 Å². The summed E-state index contributed by atoms with van der Waals surface area (Å²) >= 11 is -2.00. The van der Waals surface area contributed by atoms with Crippen LogP contribution in [0.15, 0.2) is 23.1 Å². The third-order valence-electron chi connectivity index (χ3n) is 3.71. The first-order valence-electron chi connectivity index (χ1n) is 7.05. The number of anilines is 1. The van der Waals surface area contributed by atoms with Crippen LogP contribution in [-0.2, 0) is 25.8 Å². The molecule has 0 bridgehead atoms. The van der Waals surface area contributed by atoms with Gasteiger partial charge in [-0.05, 0) is 12.1 Å². The Kier molecular flexibility index (Phi) is 6.08. The van der Waals surface area contributed by atoms with Crippen LogP contribution >= 0.6 is 0 Å². The van der Waals surface area contributed by atoms with Gasteiger partial charge >= 0.3 is 0 Å². The molecule has 1 aliphatic heterocycles. The van der Waals surface area contributed by atoms with Crippen molar-refractivity contribution < 1.29 is 26.8 Å². The number of hydrogen-bond acceptors (Lipinski definition) is 8. The fourth-order valence-corrected chi connectivity index (χ4v) is 3.55. The lowest BCUT2D eigenvalue weighted by atomic mass is 10.2. The molecule has 2 atom stereocenters. The monoisotopic (exact) mass is 394 g/mol. The number of rotatable bonds is 6. The van der Waals surface area contributed by atoms with E-state index in [9.17, 15) is 22.7 Å². The van der Waals surface area contributed by atoms with Crippen molar-refractivity contribution in [1.29, 1.82) is 0 Å². The molecule has 0 radical (unpaired) electrons. The fourth-order valence-electron chi connectivity index (χ4n) is 2.47. The maximum Gasteiger partial charge on any atom is 0.293 e. The normalized spacial score (nSPS) is 20.2. The average Bonchev–Trinajstić information content (AvgIpc) is 2.52. The molecule has 3 N–H and O–H groups in total. The highest BCUT2D eigenvalue weighted by Gasteiger charge is 2.29. The molecule has 1 saturated heterocycles. The van der Waals surface area contributed by atoms with Crippen molar-refractivity contribution in [2.24, 2.45) is 5.14 Å². The van der Waals surface area contributed by atoms with E-state index in [4.69, 9.17) is 14.4 Å². The number of sulfonamides is 1. The van der Waals surface area contributed by atoms with E-state index in [0.717, 1.165) is 6.07 Å². The van der Waals surface area contributed by atoms with E-state index in [1.165, 1.54) is 17.0 Å². The summed E-state index contributed by atoms with van der Waals surface area (Å²) in [7, 11) is -2.51. The van der Waals surface area contributed by atoms with Gasteiger partial charge in [0.25, 0.3) is 5.69 Å². The molecule has 140 valence electrons. The predicted octanol–water partition coefficient (Wildman–Crippen LogP) is -0.484. The first kappa shape index (κ1) is 19.7. The van der Waals surface area contributed by atoms with Crippen LogP contribution in [0.4, 0.5) is 11.4 Å². The Morgan fingerprint density at radius 1 is 1.56 bits per heavy atom. The van der Waals surface area contributed by atoms with Gasteiger partial charge in [-0.15, -0.1) is 0 Å². The first-order chi connectivity index (χ1) is 11.6.